The Morgan fingerprint density at radius 3 is 2.69 bits per heavy atom. The van der Waals surface area contributed by atoms with E-state index >= 15 is 0 Å². The smallest absolute Gasteiger partial charge is 0.203 e. The molecule has 0 aromatic carbocycles. The highest BCUT2D eigenvalue weighted by Gasteiger charge is 2.26. The Morgan fingerprint density at radius 1 is 1.54 bits per heavy atom. The zero-order valence-corrected chi connectivity index (χ0v) is 8.05. The van der Waals surface area contributed by atoms with Crippen molar-refractivity contribution in [2.24, 2.45) is 22.0 Å². The third-order valence-corrected chi connectivity index (χ3v) is 2.48. The van der Waals surface area contributed by atoms with E-state index in [-0.39, 0.29) is 5.41 Å². The summed E-state index contributed by atoms with van der Waals surface area (Å²) in [6, 6.07) is 0. The summed E-state index contributed by atoms with van der Waals surface area (Å²) in [7, 11) is 0. The standard InChI is InChI=1S/C8H18N4O/c1-8(2-4-13-5-3-8)6-11-7(9)12-10/h2-6,10H2,1H3,(H3,9,11,12). The van der Waals surface area contributed by atoms with Crippen LogP contribution in [0.4, 0.5) is 0 Å². The predicted octanol–water partition coefficient (Wildman–Crippen LogP) is -0.419. The maximum Gasteiger partial charge on any atom is 0.203 e. The molecule has 1 aliphatic rings. The van der Waals surface area contributed by atoms with Crippen molar-refractivity contribution in [1.82, 2.24) is 5.43 Å². The molecule has 1 saturated heterocycles. The second kappa shape index (κ2) is 4.43. The lowest BCUT2D eigenvalue weighted by molar-refractivity contribution is 0.0283. The van der Waals surface area contributed by atoms with Crippen molar-refractivity contribution < 1.29 is 4.74 Å². The molecule has 0 radical (unpaired) electrons. The molecular weight excluding hydrogens is 168 g/mol. The summed E-state index contributed by atoms with van der Waals surface area (Å²) in [5.41, 5.74) is 7.97. The van der Waals surface area contributed by atoms with Gasteiger partial charge in [0.15, 0.2) is 0 Å². The van der Waals surface area contributed by atoms with Crippen LogP contribution in [0.3, 0.4) is 0 Å². The number of nitrogens with two attached hydrogens (primary N) is 2. The first-order valence-electron chi connectivity index (χ1n) is 4.51. The number of aliphatic imine (C=N–C) groups is 1. The van der Waals surface area contributed by atoms with Crippen LogP contribution in [0.2, 0.25) is 0 Å². The lowest BCUT2D eigenvalue weighted by atomic mass is 9.83. The molecule has 1 rings (SSSR count). The van der Waals surface area contributed by atoms with Crippen molar-refractivity contribution in [2.75, 3.05) is 19.8 Å². The fourth-order valence-electron chi connectivity index (χ4n) is 1.34. The van der Waals surface area contributed by atoms with Gasteiger partial charge in [-0.25, -0.2) is 5.84 Å². The summed E-state index contributed by atoms with van der Waals surface area (Å²) in [6.07, 6.45) is 2.07. The van der Waals surface area contributed by atoms with Crippen LogP contribution in [0.5, 0.6) is 0 Å². The van der Waals surface area contributed by atoms with Crippen LogP contribution in [-0.4, -0.2) is 25.7 Å². The van der Waals surface area contributed by atoms with E-state index in [0.29, 0.717) is 12.5 Å². The Bertz CT molecular complexity index is 187. The minimum absolute atomic E-state index is 0.222. The number of guanidine groups is 1. The van der Waals surface area contributed by atoms with E-state index in [4.69, 9.17) is 16.3 Å². The Balaban J connectivity index is 2.41. The summed E-state index contributed by atoms with van der Waals surface area (Å²) >= 11 is 0. The number of nitrogens with zero attached hydrogens (tertiary/aromatic N) is 1. The van der Waals surface area contributed by atoms with Crippen molar-refractivity contribution in [1.29, 1.82) is 0 Å². The van der Waals surface area contributed by atoms with Gasteiger partial charge >= 0.3 is 0 Å². The van der Waals surface area contributed by atoms with Gasteiger partial charge in [-0.3, -0.25) is 10.4 Å². The molecule has 5 heteroatoms. The zero-order chi connectivity index (χ0) is 9.73. The number of hydrazine groups is 1. The minimum atomic E-state index is 0.222. The molecular formula is C8H18N4O. The molecule has 5 N–H and O–H groups in total. The van der Waals surface area contributed by atoms with Crippen molar-refractivity contribution in [3.8, 4) is 0 Å². The van der Waals surface area contributed by atoms with Gasteiger partial charge in [-0.1, -0.05) is 6.92 Å². The Kier molecular flexibility index (Phi) is 3.50. The van der Waals surface area contributed by atoms with E-state index < -0.39 is 0 Å². The van der Waals surface area contributed by atoms with Gasteiger partial charge in [0.2, 0.25) is 5.96 Å². The monoisotopic (exact) mass is 186 g/mol. The molecule has 0 aromatic heterocycles. The average Bonchev–Trinajstić information content (AvgIpc) is 2.15. The van der Waals surface area contributed by atoms with Crippen LogP contribution < -0.4 is 17.0 Å². The molecule has 1 heterocycles. The molecule has 0 bridgehead atoms. The molecule has 1 fully saturated rings. The van der Waals surface area contributed by atoms with Crippen LogP contribution in [0.15, 0.2) is 4.99 Å². The zero-order valence-electron chi connectivity index (χ0n) is 8.05. The minimum Gasteiger partial charge on any atom is -0.381 e. The third kappa shape index (κ3) is 3.20. The van der Waals surface area contributed by atoms with E-state index in [2.05, 4.69) is 17.3 Å². The van der Waals surface area contributed by atoms with Crippen LogP contribution in [0.1, 0.15) is 19.8 Å². The van der Waals surface area contributed by atoms with Crippen LogP contribution in [0, 0.1) is 5.41 Å². The van der Waals surface area contributed by atoms with Gasteiger partial charge in [0, 0.05) is 19.8 Å². The molecule has 0 amide bonds. The van der Waals surface area contributed by atoms with Crippen molar-refractivity contribution >= 4 is 5.96 Å². The highest BCUT2D eigenvalue weighted by atomic mass is 16.5. The van der Waals surface area contributed by atoms with Crippen LogP contribution >= 0.6 is 0 Å². The second-order valence-electron chi connectivity index (χ2n) is 3.77. The first kappa shape index (κ1) is 10.3. The normalized spacial score (nSPS) is 22.8. The van der Waals surface area contributed by atoms with Crippen molar-refractivity contribution in [3.63, 3.8) is 0 Å². The van der Waals surface area contributed by atoms with Gasteiger partial charge in [-0.2, -0.15) is 0 Å². The molecule has 5 nitrogen and oxygen atoms in total. The van der Waals surface area contributed by atoms with Gasteiger partial charge in [0.1, 0.15) is 0 Å². The van der Waals surface area contributed by atoms with Gasteiger partial charge in [0.05, 0.1) is 0 Å². The molecule has 0 saturated carbocycles. The van der Waals surface area contributed by atoms with E-state index in [9.17, 15) is 0 Å². The summed E-state index contributed by atoms with van der Waals surface area (Å²) in [6.45, 7) is 4.55. The largest absolute Gasteiger partial charge is 0.381 e. The van der Waals surface area contributed by atoms with E-state index in [1.165, 1.54) is 0 Å². The predicted molar refractivity (Wildman–Crippen MR) is 52.0 cm³/mol. The van der Waals surface area contributed by atoms with Gasteiger partial charge in [-0.05, 0) is 18.3 Å². The summed E-state index contributed by atoms with van der Waals surface area (Å²) in [5, 5.41) is 0. The number of nitrogens with one attached hydrogen (secondary N) is 1. The summed E-state index contributed by atoms with van der Waals surface area (Å²) in [5.74, 6) is 5.40. The first-order valence-corrected chi connectivity index (χ1v) is 4.51. The maximum atomic E-state index is 5.43. The fraction of sp³-hybridized carbons (Fsp3) is 0.875. The summed E-state index contributed by atoms with van der Waals surface area (Å²) in [4.78, 5) is 4.14. The molecule has 0 atom stereocenters. The lowest BCUT2D eigenvalue weighted by Gasteiger charge is -2.31. The van der Waals surface area contributed by atoms with Gasteiger partial charge in [0.25, 0.3) is 0 Å². The van der Waals surface area contributed by atoms with Crippen molar-refractivity contribution in [3.05, 3.63) is 0 Å². The topological polar surface area (TPSA) is 85.7 Å². The third-order valence-electron chi connectivity index (χ3n) is 2.48. The SMILES string of the molecule is CC1(CN=C(N)NN)CCOCC1. The number of hydrogen-bond acceptors (Lipinski definition) is 3. The second-order valence-corrected chi connectivity index (χ2v) is 3.77. The Morgan fingerprint density at radius 2 is 2.15 bits per heavy atom. The van der Waals surface area contributed by atoms with Crippen molar-refractivity contribution in [2.45, 2.75) is 19.8 Å². The molecule has 0 aromatic rings. The van der Waals surface area contributed by atoms with E-state index in [1.54, 1.807) is 0 Å². The summed E-state index contributed by atoms with van der Waals surface area (Å²) < 4.78 is 5.28. The van der Waals surface area contributed by atoms with E-state index in [1.807, 2.05) is 0 Å². The molecule has 13 heavy (non-hydrogen) atoms. The lowest BCUT2D eigenvalue weighted by Crippen LogP contribution is -2.38. The fourth-order valence-corrected chi connectivity index (χ4v) is 1.34. The number of ether oxygens (including phenoxy) is 1. The van der Waals surface area contributed by atoms with Gasteiger partial charge < -0.3 is 10.5 Å². The highest BCUT2D eigenvalue weighted by Crippen LogP contribution is 2.29. The molecule has 1 aliphatic heterocycles. The Hall–Kier alpha value is -0.810. The highest BCUT2D eigenvalue weighted by molar-refractivity contribution is 5.77. The first-order chi connectivity index (χ1) is 6.16. The number of rotatable bonds is 2. The maximum absolute atomic E-state index is 5.43. The quantitative estimate of drug-likeness (QED) is 0.237. The molecule has 76 valence electrons. The molecule has 0 spiro atoms. The Labute approximate surface area is 78.5 Å². The van der Waals surface area contributed by atoms with Crippen LogP contribution in [-0.2, 0) is 4.74 Å². The van der Waals surface area contributed by atoms with Gasteiger partial charge in [-0.15, -0.1) is 0 Å². The number of hydrogen-bond donors (Lipinski definition) is 3. The van der Waals surface area contributed by atoms with Crippen LogP contribution in [0.25, 0.3) is 0 Å². The van der Waals surface area contributed by atoms with E-state index in [0.717, 1.165) is 26.1 Å². The average molecular weight is 186 g/mol. The molecule has 0 aliphatic carbocycles. The molecule has 0 unspecified atom stereocenters.